The molecule has 0 fully saturated rings. The van der Waals surface area contributed by atoms with Crippen LogP contribution in [0.3, 0.4) is 0 Å². The lowest BCUT2D eigenvalue weighted by molar-refractivity contribution is -0.693. The second kappa shape index (κ2) is 11.7. The zero-order chi connectivity index (χ0) is 29.2. The van der Waals surface area contributed by atoms with Crippen LogP contribution in [-0.2, 0) is 11.0 Å². The number of carbonyl (C=O) groups excluding carboxylic acids is 2. The molecule has 40 heavy (non-hydrogen) atoms. The molecule has 0 bridgehead atoms. The summed E-state index contributed by atoms with van der Waals surface area (Å²) in [6, 6.07) is 13.3. The van der Waals surface area contributed by atoms with Gasteiger partial charge in [0.1, 0.15) is 17.6 Å². The van der Waals surface area contributed by atoms with E-state index in [0.717, 1.165) is 40.4 Å². The Morgan fingerprint density at radius 2 is 1.73 bits per heavy atom. The van der Waals surface area contributed by atoms with E-state index in [2.05, 4.69) is 10.6 Å². The Bertz CT molecular complexity index is 1450. The van der Waals surface area contributed by atoms with E-state index in [1.54, 1.807) is 30.3 Å². The van der Waals surface area contributed by atoms with Crippen LogP contribution in [0.2, 0.25) is 5.02 Å². The number of alkyl halides is 3. The predicted molar refractivity (Wildman–Crippen MR) is 148 cm³/mol. The number of urea groups is 1. The van der Waals surface area contributed by atoms with Gasteiger partial charge < -0.3 is 16.4 Å². The van der Waals surface area contributed by atoms with Gasteiger partial charge in [-0.05, 0) is 48.4 Å². The minimum Gasteiger partial charge on any atom is -0.325 e. The zero-order valence-corrected chi connectivity index (χ0v) is 22.3. The molecule has 3 aromatic carbocycles. The first-order valence-electron chi connectivity index (χ1n) is 12.4. The molecule has 4 rings (SSSR count). The van der Waals surface area contributed by atoms with Crippen LogP contribution in [0.25, 0.3) is 6.08 Å². The van der Waals surface area contributed by atoms with Gasteiger partial charge in [0, 0.05) is 41.2 Å². The fourth-order valence-electron chi connectivity index (χ4n) is 4.17. The number of nitrogens with zero attached hydrogens (tertiary/aromatic N) is 1. The van der Waals surface area contributed by atoms with Crippen molar-refractivity contribution in [2.24, 2.45) is 11.7 Å². The van der Waals surface area contributed by atoms with Crippen molar-refractivity contribution in [1.29, 1.82) is 0 Å². The Morgan fingerprint density at radius 1 is 1.05 bits per heavy atom. The molecule has 12 heteroatoms. The van der Waals surface area contributed by atoms with Crippen LogP contribution in [0.4, 0.5) is 46.4 Å². The fraction of sp³-hybridized carbons (Fsp3) is 0.214. The number of nitrogens with two attached hydrogens (primary N) is 1. The Labute approximate surface area is 233 Å². The number of hydrogen-bond donors (Lipinski definition) is 5. The van der Waals surface area contributed by atoms with E-state index in [9.17, 15) is 28.0 Å². The van der Waals surface area contributed by atoms with E-state index in [0.29, 0.717) is 17.4 Å². The van der Waals surface area contributed by atoms with Crippen LogP contribution >= 0.6 is 11.6 Å². The van der Waals surface area contributed by atoms with Gasteiger partial charge in [-0.2, -0.15) is 18.2 Å². The summed E-state index contributed by atoms with van der Waals surface area (Å²) in [7, 11) is 0. The maximum absolute atomic E-state index is 13.1. The topological polar surface area (TPSA) is 112 Å². The molecule has 3 unspecified atom stereocenters. The molecule has 3 amide bonds. The molecular weight excluding hydrogens is 547 g/mol. The fourth-order valence-corrected chi connectivity index (χ4v) is 4.39. The van der Waals surface area contributed by atoms with Crippen molar-refractivity contribution < 1.29 is 32.9 Å². The summed E-state index contributed by atoms with van der Waals surface area (Å²) in [5.74, 6) is -0.182. The Morgan fingerprint density at radius 3 is 2.38 bits per heavy atom. The SMILES string of the molecule is CCC(C)C(N)C(=O)Nc1ccc2c(c1)C=C[NH+]2c1ccc(NC(=O)N(O)c2ccc(Cl)c(C(F)(F)F)c2)cc1. The Balaban J connectivity index is 1.42. The van der Waals surface area contributed by atoms with Crippen LogP contribution in [0.15, 0.2) is 66.9 Å². The lowest BCUT2D eigenvalue weighted by atomic mass is 9.99. The largest absolute Gasteiger partial charge is 0.417 e. The molecule has 210 valence electrons. The predicted octanol–water partition coefficient (Wildman–Crippen LogP) is 5.93. The van der Waals surface area contributed by atoms with Gasteiger partial charge in [0.05, 0.1) is 22.3 Å². The second-order valence-electron chi connectivity index (χ2n) is 9.43. The first-order valence-corrected chi connectivity index (χ1v) is 12.8. The molecule has 0 saturated heterocycles. The van der Waals surface area contributed by atoms with Crippen LogP contribution < -0.4 is 26.3 Å². The summed E-state index contributed by atoms with van der Waals surface area (Å²) < 4.78 is 39.4. The number of hydroxylamine groups is 1. The molecular formula is C28H28ClF3N5O3+. The summed E-state index contributed by atoms with van der Waals surface area (Å²) >= 11 is 5.60. The molecule has 1 aliphatic heterocycles. The number of anilines is 3. The van der Waals surface area contributed by atoms with Gasteiger partial charge in [0.15, 0.2) is 0 Å². The lowest BCUT2D eigenvalue weighted by Gasteiger charge is -2.18. The molecule has 8 nitrogen and oxygen atoms in total. The smallest absolute Gasteiger partial charge is 0.325 e. The van der Waals surface area contributed by atoms with Gasteiger partial charge >= 0.3 is 12.2 Å². The highest BCUT2D eigenvalue weighted by atomic mass is 35.5. The Kier molecular flexibility index (Phi) is 8.50. The number of nitrogens with one attached hydrogen (secondary N) is 3. The summed E-state index contributed by atoms with van der Waals surface area (Å²) in [5.41, 5.74) is 8.13. The second-order valence-corrected chi connectivity index (χ2v) is 9.84. The van der Waals surface area contributed by atoms with Crippen molar-refractivity contribution >= 4 is 58.1 Å². The van der Waals surface area contributed by atoms with E-state index >= 15 is 0 Å². The van der Waals surface area contributed by atoms with Gasteiger partial charge in [0.25, 0.3) is 0 Å². The van der Waals surface area contributed by atoms with Crippen LogP contribution in [-0.4, -0.2) is 23.2 Å². The standard InChI is InChI=1S/C28H27ClF3N5O3/c1-3-16(2)25(33)26(38)34-19-6-11-24-17(14-19)12-13-36(24)20-7-4-18(5-8-20)35-27(39)37(40)21-9-10-23(29)22(15-21)28(30,31)32/h4-16,25,40H,3,33H2,1-2H3,(H,34,38)(H,35,39)/p+1. The van der Waals surface area contributed by atoms with Crippen LogP contribution in [0.1, 0.15) is 31.4 Å². The molecule has 1 heterocycles. The number of amides is 3. The molecule has 1 aliphatic rings. The first-order chi connectivity index (χ1) is 18.9. The quantitative estimate of drug-likeness (QED) is 0.178. The van der Waals surface area contributed by atoms with Crippen molar-refractivity contribution in [3.05, 3.63) is 83.0 Å². The lowest BCUT2D eigenvalue weighted by Crippen LogP contribution is -2.95. The highest BCUT2D eigenvalue weighted by molar-refractivity contribution is 6.31. The number of rotatable bonds is 7. The van der Waals surface area contributed by atoms with E-state index in [1.807, 2.05) is 38.3 Å². The number of quaternary nitrogens is 1. The third-order valence-electron chi connectivity index (χ3n) is 6.74. The first kappa shape index (κ1) is 29.1. The molecule has 0 radical (unpaired) electrons. The minimum absolute atomic E-state index is 0.0575. The highest BCUT2D eigenvalue weighted by Gasteiger charge is 2.34. The van der Waals surface area contributed by atoms with E-state index in [1.165, 1.54) is 0 Å². The number of benzene rings is 3. The molecule has 0 spiro atoms. The molecule has 6 N–H and O–H groups in total. The van der Waals surface area contributed by atoms with Gasteiger partial charge in [0.2, 0.25) is 5.91 Å². The maximum atomic E-state index is 13.1. The molecule has 3 aromatic rings. The van der Waals surface area contributed by atoms with E-state index in [4.69, 9.17) is 17.3 Å². The number of fused-ring (bicyclic) bond motifs is 1. The zero-order valence-electron chi connectivity index (χ0n) is 21.6. The van der Waals surface area contributed by atoms with Gasteiger partial charge in [-0.25, -0.2) is 9.69 Å². The molecule has 0 aliphatic carbocycles. The van der Waals surface area contributed by atoms with Crippen molar-refractivity contribution in [2.45, 2.75) is 32.5 Å². The summed E-state index contributed by atoms with van der Waals surface area (Å²) in [6.45, 7) is 3.91. The van der Waals surface area contributed by atoms with Crippen LogP contribution in [0.5, 0.6) is 0 Å². The van der Waals surface area contributed by atoms with Crippen molar-refractivity contribution in [2.75, 3.05) is 15.7 Å². The summed E-state index contributed by atoms with van der Waals surface area (Å²) in [5, 5.41) is 15.0. The highest BCUT2D eigenvalue weighted by Crippen LogP contribution is 2.37. The third-order valence-corrected chi connectivity index (χ3v) is 7.07. The molecule has 3 atom stereocenters. The van der Waals surface area contributed by atoms with Crippen LogP contribution in [0, 0.1) is 5.92 Å². The van der Waals surface area contributed by atoms with Crippen molar-refractivity contribution in [3.63, 3.8) is 0 Å². The van der Waals surface area contributed by atoms with Gasteiger partial charge in [-0.3, -0.25) is 10.0 Å². The monoisotopic (exact) mass is 574 g/mol. The molecule has 0 aromatic heterocycles. The third kappa shape index (κ3) is 6.28. The van der Waals surface area contributed by atoms with E-state index < -0.39 is 34.5 Å². The maximum Gasteiger partial charge on any atom is 0.417 e. The normalized spacial score (nSPS) is 15.8. The van der Waals surface area contributed by atoms with Crippen molar-refractivity contribution in [3.8, 4) is 0 Å². The summed E-state index contributed by atoms with van der Waals surface area (Å²) in [6.07, 6.45) is -0.0914. The van der Waals surface area contributed by atoms with Gasteiger partial charge in [-0.15, -0.1) is 0 Å². The average molecular weight is 575 g/mol. The molecule has 0 saturated carbocycles. The van der Waals surface area contributed by atoms with E-state index in [-0.39, 0.29) is 16.9 Å². The minimum atomic E-state index is -4.75. The summed E-state index contributed by atoms with van der Waals surface area (Å²) in [4.78, 5) is 25.8. The Hall–Kier alpha value is -3.90. The number of halogens is 4. The number of hydrogen-bond acceptors (Lipinski definition) is 4. The number of carbonyl (C=O) groups is 2. The van der Waals surface area contributed by atoms with Crippen molar-refractivity contribution in [1.82, 2.24) is 0 Å². The average Bonchev–Trinajstić information content (AvgIpc) is 3.35. The van der Waals surface area contributed by atoms with Gasteiger partial charge in [-0.1, -0.05) is 31.9 Å².